The Morgan fingerprint density at radius 1 is 1.56 bits per heavy atom. The van der Waals surface area contributed by atoms with Crippen molar-refractivity contribution in [3.63, 3.8) is 0 Å². The molecule has 0 saturated carbocycles. The summed E-state index contributed by atoms with van der Waals surface area (Å²) in [7, 11) is 0. The highest BCUT2D eigenvalue weighted by Crippen LogP contribution is 2.17. The first-order valence-corrected chi connectivity index (χ1v) is 5.21. The van der Waals surface area contributed by atoms with E-state index in [9.17, 15) is 0 Å². The third kappa shape index (κ3) is 2.14. The summed E-state index contributed by atoms with van der Waals surface area (Å²) in [5.74, 6) is 0.398. The summed E-state index contributed by atoms with van der Waals surface area (Å²) in [5.41, 5.74) is 1.41. The van der Waals surface area contributed by atoms with Gasteiger partial charge in [0.15, 0.2) is 0 Å². The van der Waals surface area contributed by atoms with Gasteiger partial charge >= 0.3 is 0 Å². The molecule has 84 valence electrons. The van der Waals surface area contributed by atoms with E-state index < -0.39 is 0 Å². The molecule has 0 aliphatic rings. The molecule has 2 aromatic rings. The SMILES string of the molecule is C=CCCOc1nc(Cl)nn2cc(C)nc12. The number of aromatic nitrogens is 4. The summed E-state index contributed by atoms with van der Waals surface area (Å²) in [6.45, 7) is 5.99. The number of hydrogen-bond donors (Lipinski definition) is 0. The van der Waals surface area contributed by atoms with E-state index in [2.05, 4.69) is 21.6 Å². The highest BCUT2D eigenvalue weighted by atomic mass is 35.5. The maximum absolute atomic E-state index is 5.77. The molecule has 0 atom stereocenters. The minimum absolute atomic E-state index is 0.138. The largest absolute Gasteiger partial charge is 0.475 e. The molecule has 5 nitrogen and oxygen atoms in total. The first-order valence-electron chi connectivity index (χ1n) is 4.84. The Kier molecular flexibility index (Phi) is 3.05. The van der Waals surface area contributed by atoms with Crippen LogP contribution < -0.4 is 4.74 Å². The predicted molar refractivity (Wildman–Crippen MR) is 60.8 cm³/mol. The van der Waals surface area contributed by atoms with Crippen molar-refractivity contribution in [1.29, 1.82) is 0 Å². The van der Waals surface area contributed by atoms with Crippen LogP contribution in [0.1, 0.15) is 12.1 Å². The summed E-state index contributed by atoms with van der Waals surface area (Å²) in [5, 5.41) is 4.13. The summed E-state index contributed by atoms with van der Waals surface area (Å²) in [4.78, 5) is 8.26. The molecule has 0 aromatic carbocycles. The Bertz CT molecular complexity index is 523. The van der Waals surface area contributed by atoms with E-state index in [1.165, 1.54) is 0 Å². The molecular weight excluding hydrogens is 228 g/mol. The van der Waals surface area contributed by atoms with E-state index in [-0.39, 0.29) is 5.28 Å². The normalized spacial score (nSPS) is 10.6. The van der Waals surface area contributed by atoms with Gasteiger partial charge in [-0.2, -0.15) is 4.98 Å². The second kappa shape index (κ2) is 4.49. The maximum Gasteiger partial charge on any atom is 0.262 e. The fourth-order valence-electron chi connectivity index (χ4n) is 1.29. The Morgan fingerprint density at radius 3 is 3.12 bits per heavy atom. The van der Waals surface area contributed by atoms with Crippen LogP contribution in [-0.2, 0) is 0 Å². The monoisotopic (exact) mass is 238 g/mol. The second-order valence-corrected chi connectivity index (χ2v) is 3.60. The Labute approximate surface area is 97.7 Å². The van der Waals surface area contributed by atoms with Gasteiger partial charge in [0.1, 0.15) is 0 Å². The summed E-state index contributed by atoms with van der Waals surface area (Å²) >= 11 is 5.77. The molecule has 0 saturated heterocycles. The van der Waals surface area contributed by atoms with E-state index in [1.54, 1.807) is 16.8 Å². The molecule has 0 fully saturated rings. The molecule has 0 amide bonds. The number of rotatable bonds is 4. The molecule has 0 bridgehead atoms. The van der Waals surface area contributed by atoms with Crippen LogP contribution in [0.4, 0.5) is 0 Å². The van der Waals surface area contributed by atoms with Crippen molar-refractivity contribution in [3.05, 3.63) is 29.8 Å². The highest BCUT2D eigenvalue weighted by Gasteiger charge is 2.10. The van der Waals surface area contributed by atoms with Crippen LogP contribution in [0.5, 0.6) is 5.88 Å². The van der Waals surface area contributed by atoms with Gasteiger partial charge in [0.05, 0.1) is 18.5 Å². The van der Waals surface area contributed by atoms with Crippen molar-refractivity contribution in [2.45, 2.75) is 13.3 Å². The lowest BCUT2D eigenvalue weighted by Crippen LogP contribution is -2.03. The first kappa shape index (κ1) is 10.9. The molecular formula is C10H11ClN4O. The van der Waals surface area contributed by atoms with E-state index in [4.69, 9.17) is 16.3 Å². The van der Waals surface area contributed by atoms with Gasteiger partial charge in [-0.15, -0.1) is 11.7 Å². The molecule has 0 unspecified atom stereocenters. The Balaban J connectivity index is 2.37. The van der Waals surface area contributed by atoms with E-state index in [0.717, 1.165) is 12.1 Å². The fourth-order valence-corrected chi connectivity index (χ4v) is 1.45. The third-order valence-corrected chi connectivity index (χ3v) is 2.10. The highest BCUT2D eigenvalue weighted by molar-refractivity contribution is 6.28. The van der Waals surface area contributed by atoms with Gasteiger partial charge in [-0.3, -0.25) is 0 Å². The van der Waals surface area contributed by atoms with Crippen LogP contribution in [0.15, 0.2) is 18.9 Å². The molecule has 6 heteroatoms. The molecule has 2 rings (SSSR count). The summed E-state index contributed by atoms with van der Waals surface area (Å²) < 4.78 is 7.03. The number of aryl methyl sites for hydroxylation is 1. The van der Waals surface area contributed by atoms with Gasteiger partial charge < -0.3 is 4.74 Å². The van der Waals surface area contributed by atoms with Crippen molar-refractivity contribution >= 4 is 17.2 Å². The molecule has 2 aromatic heterocycles. The number of halogens is 1. The fraction of sp³-hybridized carbons (Fsp3) is 0.300. The Hall–Kier alpha value is -1.62. The second-order valence-electron chi connectivity index (χ2n) is 3.26. The predicted octanol–water partition coefficient (Wildman–Crippen LogP) is 2.04. The topological polar surface area (TPSA) is 52.3 Å². The number of hydrogen-bond acceptors (Lipinski definition) is 4. The number of fused-ring (bicyclic) bond motifs is 1. The lowest BCUT2D eigenvalue weighted by Gasteiger charge is -2.04. The van der Waals surface area contributed by atoms with Crippen molar-refractivity contribution in [3.8, 4) is 5.88 Å². The number of ether oxygens (including phenoxy) is 1. The van der Waals surface area contributed by atoms with Crippen LogP contribution in [0.3, 0.4) is 0 Å². The first-order chi connectivity index (χ1) is 7.70. The van der Waals surface area contributed by atoms with E-state index in [0.29, 0.717) is 18.1 Å². The van der Waals surface area contributed by atoms with Crippen LogP contribution in [-0.4, -0.2) is 26.2 Å². The van der Waals surface area contributed by atoms with E-state index in [1.807, 2.05) is 6.92 Å². The van der Waals surface area contributed by atoms with Crippen LogP contribution in [0.2, 0.25) is 5.28 Å². The van der Waals surface area contributed by atoms with Gasteiger partial charge in [0.2, 0.25) is 10.9 Å². The smallest absolute Gasteiger partial charge is 0.262 e. The Morgan fingerprint density at radius 2 is 2.38 bits per heavy atom. The molecule has 16 heavy (non-hydrogen) atoms. The van der Waals surface area contributed by atoms with Gasteiger partial charge in [-0.05, 0) is 24.9 Å². The average Bonchev–Trinajstić information content (AvgIpc) is 2.58. The van der Waals surface area contributed by atoms with Gasteiger partial charge in [0.25, 0.3) is 5.88 Å². The summed E-state index contributed by atoms with van der Waals surface area (Å²) in [6, 6.07) is 0. The third-order valence-electron chi connectivity index (χ3n) is 1.94. The van der Waals surface area contributed by atoms with Crippen LogP contribution in [0.25, 0.3) is 5.65 Å². The minimum atomic E-state index is 0.138. The van der Waals surface area contributed by atoms with Gasteiger partial charge in [0, 0.05) is 0 Å². The summed E-state index contributed by atoms with van der Waals surface area (Å²) in [6.07, 6.45) is 4.29. The molecule has 0 N–H and O–H groups in total. The van der Waals surface area contributed by atoms with Gasteiger partial charge in [-0.25, -0.2) is 9.50 Å². The van der Waals surface area contributed by atoms with E-state index >= 15 is 0 Å². The minimum Gasteiger partial charge on any atom is -0.475 e. The zero-order valence-electron chi connectivity index (χ0n) is 8.85. The lowest BCUT2D eigenvalue weighted by atomic mass is 10.5. The maximum atomic E-state index is 5.77. The quantitative estimate of drug-likeness (QED) is 0.604. The molecule has 0 aliphatic carbocycles. The zero-order valence-corrected chi connectivity index (χ0v) is 9.61. The lowest BCUT2D eigenvalue weighted by molar-refractivity contribution is 0.313. The van der Waals surface area contributed by atoms with Crippen molar-refractivity contribution < 1.29 is 4.74 Å². The van der Waals surface area contributed by atoms with Crippen molar-refractivity contribution in [1.82, 2.24) is 19.6 Å². The van der Waals surface area contributed by atoms with Crippen molar-refractivity contribution in [2.75, 3.05) is 6.61 Å². The number of nitrogens with zero attached hydrogens (tertiary/aromatic N) is 4. The van der Waals surface area contributed by atoms with Crippen LogP contribution in [0, 0.1) is 6.92 Å². The van der Waals surface area contributed by atoms with Gasteiger partial charge in [-0.1, -0.05) is 6.08 Å². The van der Waals surface area contributed by atoms with Crippen LogP contribution >= 0.6 is 11.6 Å². The zero-order chi connectivity index (χ0) is 11.5. The van der Waals surface area contributed by atoms with Crippen molar-refractivity contribution in [2.24, 2.45) is 0 Å². The molecule has 0 aliphatic heterocycles. The standard InChI is InChI=1S/C10H11ClN4O/c1-3-4-5-16-9-8-12-7(2)6-15(8)14-10(11)13-9/h3,6H,1,4-5H2,2H3. The molecule has 0 spiro atoms. The molecule has 0 radical (unpaired) electrons. The number of imidazole rings is 1. The molecule has 2 heterocycles. The average molecular weight is 239 g/mol.